The molecule has 490 valence electrons. The molecule has 6 saturated heterocycles. The zero-order valence-electron chi connectivity index (χ0n) is 57.0. The summed E-state index contributed by atoms with van der Waals surface area (Å²) >= 11 is 0. The average molecular weight is 1330 g/mol. The lowest BCUT2D eigenvalue weighted by molar-refractivity contribution is -0.0480. The second-order valence-corrected chi connectivity index (χ2v) is 58.8. The Morgan fingerprint density at radius 3 is 0.578 bits per heavy atom. The van der Waals surface area contributed by atoms with Gasteiger partial charge in [0.05, 0.1) is 0 Å². The van der Waals surface area contributed by atoms with E-state index >= 15 is 0 Å². The van der Waals surface area contributed by atoms with Gasteiger partial charge in [0.15, 0.2) is 8.32 Å². The predicted molar refractivity (Wildman–Crippen MR) is 360 cm³/mol. The van der Waals surface area contributed by atoms with E-state index in [1.165, 1.54) is 6.42 Å². The first-order valence-corrected chi connectivity index (χ1v) is 53.6. The van der Waals surface area contributed by atoms with Gasteiger partial charge in [-0.15, -0.1) is 0 Å². The van der Waals surface area contributed by atoms with E-state index < -0.39 is 79.0 Å². The molecule has 0 amide bonds. The molecule has 0 aromatic rings. The molecule has 0 radical (unpaired) electrons. The van der Waals surface area contributed by atoms with Crippen molar-refractivity contribution in [3.8, 4) is 0 Å². The fraction of sp³-hybridized carbons (Fsp3) is 1.00. The highest BCUT2D eigenvalue weighted by Crippen LogP contribution is 2.55. The standard InChI is InChI=1S/C61H132O13Si9/c1-18-47-75(16,17)62-83-72-80(52-37-23-30-44-59(10)11)66-77(49-34-20-27-41-56(4)5)63-76(48-33-19-26-40-55(2)3)64-78(68-80,50-35-21-28-42-57(6)7)70-82(74-83,54-39-25-32-46-61(14)15)71-79(65-76,51-36-22-29-43-58(8)9)69-81(67-77,73-83)53-38-24-31-45-60(12)13/h55-61H,18-54H2,1-17H3. The van der Waals surface area contributed by atoms with Crippen molar-refractivity contribution in [3.63, 3.8) is 0 Å². The van der Waals surface area contributed by atoms with Crippen LogP contribution in [0.25, 0.3) is 0 Å². The molecule has 22 heteroatoms. The molecule has 0 atom stereocenters. The van der Waals surface area contributed by atoms with Crippen LogP contribution in [-0.2, 0) is 53.5 Å². The predicted octanol–water partition coefficient (Wildman–Crippen LogP) is 20.4. The summed E-state index contributed by atoms with van der Waals surface area (Å²) < 4.78 is 108. The number of unbranched alkanes of at least 4 members (excludes halogenated alkanes) is 14. The van der Waals surface area contributed by atoms with Crippen LogP contribution in [0.15, 0.2) is 0 Å². The molecule has 6 fully saturated rings. The van der Waals surface area contributed by atoms with Gasteiger partial charge < -0.3 is 53.5 Å². The smallest absolute Gasteiger partial charge is 0.395 e. The van der Waals surface area contributed by atoms with E-state index in [1.807, 2.05) is 0 Å². The molecule has 0 spiro atoms. The summed E-state index contributed by atoms with van der Waals surface area (Å²) in [6.07, 6.45) is 29.9. The fourth-order valence-corrected chi connectivity index (χ4v) is 66.8. The Morgan fingerprint density at radius 2 is 0.422 bits per heavy atom. The Kier molecular flexibility index (Phi) is 32.1. The van der Waals surface area contributed by atoms with Gasteiger partial charge in [-0.3, -0.25) is 0 Å². The van der Waals surface area contributed by atoms with E-state index in [2.05, 4.69) is 117 Å². The lowest BCUT2D eigenvalue weighted by atomic mass is 10.1. The van der Waals surface area contributed by atoms with Gasteiger partial charge in [-0.05, 0) is 106 Å². The summed E-state index contributed by atoms with van der Waals surface area (Å²) in [6.45, 7) is 39.4. The molecule has 6 aliphatic heterocycles. The summed E-state index contributed by atoms with van der Waals surface area (Å²) in [5, 5.41) is 0. The lowest BCUT2D eigenvalue weighted by Crippen LogP contribution is -2.89. The van der Waals surface area contributed by atoms with Crippen molar-refractivity contribution in [2.24, 2.45) is 41.4 Å². The third-order valence-corrected chi connectivity index (χ3v) is 58.0. The van der Waals surface area contributed by atoms with Crippen LogP contribution in [-0.4, -0.2) is 79.0 Å². The summed E-state index contributed by atoms with van der Waals surface area (Å²) in [7, 11) is -35.7. The molecule has 13 nitrogen and oxygen atoms in total. The second kappa shape index (κ2) is 35.5. The maximum Gasteiger partial charge on any atom is 0.646 e. The summed E-state index contributed by atoms with van der Waals surface area (Å²) in [5.41, 5.74) is 0. The van der Waals surface area contributed by atoms with Crippen LogP contribution in [0.3, 0.4) is 0 Å². The minimum Gasteiger partial charge on any atom is -0.395 e. The largest absolute Gasteiger partial charge is 0.646 e. The van der Waals surface area contributed by atoms with Gasteiger partial charge in [0.2, 0.25) is 0 Å². The molecule has 6 aliphatic rings. The number of hydrogen-bond donors (Lipinski definition) is 0. The Labute approximate surface area is 522 Å². The molecular formula is C61H132O13Si9. The van der Waals surface area contributed by atoms with E-state index in [9.17, 15) is 0 Å². The third kappa shape index (κ3) is 25.8. The van der Waals surface area contributed by atoms with Crippen LogP contribution in [0.5, 0.6) is 0 Å². The maximum atomic E-state index is 8.37. The molecular weight excluding hydrogens is 1190 g/mol. The molecule has 83 heavy (non-hydrogen) atoms. The van der Waals surface area contributed by atoms with E-state index in [4.69, 9.17) is 53.5 Å². The fourth-order valence-electron chi connectivity index (χ4n) is 12.8. The first-order valence-electron chi connectivity index (χ1n) is 35.3. The van der Waals surface area contributed by atoms with Crippen LogP contribution < -0.4 is 0 Å². The van der Waals surface area contributed by atoms with E-state index in [0.717, 1.165) is 186 Å². The van der Waals surface area contributed by atoms with Gasteiger partial charge in [-0.2, -0.15) is 0 Å². The SMILES string of the molecule is CCC[Si](C)(C)O[Si]12O[Si]3(CCCCCC(C)C)O[Si]4(CCCCCC(C)C)O[Si]5(CCCCCC(C)C)O[Si](CCCCCC(C)C)(O3)O[Si](CCCCCC(C)C)(O[Si](CCCCCC(C)C)(O5)O[Si](CCCCCC(C)C)(O4)O1)O2. The van der Waals surface area contributed by atoms with E-state index in [1.54, 1.807) is 0 Å². The number of hydrogen-bond acceptors (Lipinski definition) is 13. The van der Waals surface area contributed by atoms with E-state index in [0.29, 0.717) is 83.7 Å². The highest BCUT2D eigenvalue weighted by atomic mass is 28.6. The Morgan fingerprint density at radius 1 is 0.253 bits per heavy atom. The summed E-state index contributed by atoms with van der Waals surface area (Å²) in [6, 6.07) is 4.78. The van der Waals surface area contributed by atoms with Gasteiger partial charge in [0.25, 0.3) is 0 Å². The Bertz CT molecular complexity index is 1610. The summed E-state index contributed by atoms with van der Waals surface area (Å²) in [4.78, 5) is 0. The highest BCUT2D eigenvalue weighted by molar-refractivity contribution is 7.03. The third-order valence-electron chi connectivity index (χ3n) is 17.2. The Balaban J connectivity index is 1.89. The van der Waals surface area contributed by atoms with Crippen molar-refractivity contribution in [2.45, 2.75) is 352 Å². The molecule has 0 aromatic carbocycles. The lowest BCUT2D eigenvalue weighted by Gasteiger charge is -2.63. The van der Waals surface area contributed by atoms with Crippen LogP contribution in [0, 0.1) is 41.4 Å². The average Bonchev–Trinajstić information content (AvgIpc) is 3.10. The minimum absolute atomic E-state index is 0.532. The van der Waals surface area contributed by atoms with Gasteiger partial charge in [0.1, 0.15) is 0 Å². The maximum absolute atomic E-state index is 8.37. The van der Waals surface area contributed by atoms with E-state index in [-0.39, 0.29) is 0 Å². The zero-order chi connectivity index (χ0) is 60.9. The van der Waals surface area contributed by atoms with Gasteiger partial charge >= 0.3 is 70.7 Å². The van der Waals surface area contributed by atoms with Gasteiger partial charge in [-0.1, -0.05) is 245 Å². The molecule has 0 aromatic heterocycles. The first-order chi connectivity index (χ1) is 39.2. The molecule has 0 saturated carbocycles. The number of rotatable bonds is 46. The minimum atomic E-state index is -4.52. The van der Waals surface area contributed by atoms with Crippen LogP contribution >= 0.6 is 0 Å². The molecule has 8 bridgehead atoms. The quantitative estimate of drug-likeness (QED) is 0.0425. The van der Waals surface area contributed by atoms with Crippen molar-refractivity contribution < 1.29 is 53.5 Å². The van der Waals surface area contributed by atoms with Crippen molar-refractivity contribution in [3.05, 3.63) is 0 Å². The van der Waals surface area contributed by atoms with Gasteiger partial charge in [-0.25, -0.2) is 0 Å². The second-order valence-electron chi connectivity index (χ2n) is 30.1. The van der Waals surface area contributed by atoms with Crippen molar-refractivity contribution in [2.75, 3.05) is 0 Å². The van der Waals surface area contributed by atoms with Crippen LogP contribution in [0.4, 0.5) is 0 Å². The molecule has 6 rings (SSSR count). The van der Waals surface area contributed by atoms with Crippen LogP contribution in [0.2, 0.25) is 61.4 Å². The van der Waals surface area contributed by atoms with Crippen molar-refractivity contribution in [1.29, 1.82) is 0 Å². The zero-order valence-corrected chi connectivity index (χ0v) is 66.0. The van der Waals surface area contributed by atoms with Crippen molar-refractivity contribution in [1.82, 2.24) is 0 Å². The highest BCUT2D eigenvalue weighted by Gasteiger charge is 2.84. The molecule has 0 aliphatic carbocycles. The van der Waals surface area contributed by atoms with Crippen molar-refractivity contribution >= 4 is 79.0 Å². The first kappa shape index (κ1) is 75.2. The van der Waals surface area contributed by atoms with Crippen LogP contribution in [0.1, 0.15) is 290 Å². The molecule has 6 heterocycles. The molecule has 0 unspecified atom stereocenters. The molecule has 0 N–H and O–H groups in total. The normalized spacial score (nSPS) is 30.9. The Hall–Kier alpha value is 1.43. The monoisotopic (exact) mass is 1320 g/mol. The summed E-state index contributed by atoms with van der Waals surface area (Å²) in [5.74, 6) is 4.31. The van der Waals surface area contributed by atoms with Gasteiger partial charge in [0, 0.05) is 42.3 Å². The topological polar surface area (TPSA) is 120 Å².